The highest BCUT2D eigenvalue weighted by atomic mass is 32.1. The second kappa shape index (κ2) is 14.6. The van der Waals surface area contributed by atoms with E-state index in [4.69, 9.17) is 14.5 Å². The number of hydrogen-bond donors (Lipinski definition) is 0. The predicted molar refractivity (Wildman–Crippen MR) is 210 cm³/mol. The van der Waals surface area contributed by atoms with Crippen molar-refractivity contribution in [3.8, 4) is 11.8 Å². The van der Waals surface area contributed by atoms with Crippen molar-refractivity contribution in [3.05, 3.63) is 161 Å². The highest BCUT2D eigenvalue weighted by Crippen LogP contribution is 2.40. The fourth-order valence-electron chi connectivity index (χ4n) is 7.29. The lowest BCUT2D eigenvalue weighted by atomic mass is 9.87. The van der Waals surface area contributed by atoms with Gasteiger partial charge in [0.1, 0.15) is 5.75 Å². The fourth-order valence-corrected chi connectivity index (χ4v) is 8.27. The molecule has 0 N–H and O–H groups in total. The molecule has 0 fully saturated rings. The topological polar surface area (TPSA) is 98.6 Å². The first-order valence-electron chi connectivity index (χ1n) is 17.7. The lowest BCUT2D eigenvalue weighted by Gasteiger charge is -2.28. The maximum Gasteiger partial charge on any atom is 0.338 e. The molecule has 0 aliphatic carbocycles. The molecule has 0 radical (unpaired) electrons. The van der Waals surface area contributed by atoms with E-state index in [0.717, 1.165) is 55.7 Å². The molecule has 4 aromatic carbocycles. The summed E-state index contributed by atoms with van der Waals surface area (Å²) in [5, 5.41) is 10.8. The van der Waals surface area contributed by atoms with E-state index < -0.39 is 12.0 Å². The number of para-hydroxylation sites is 1. The van der Waals surface area contributed by atoms with Crippen LogP contribution >= 0.6 is 11.3 Å². The van der Waals surface area contributed by atoms with E-state index in [9.17, 15) is 14.9 Å². The van der Waals surface area contributed by atoms with Crippen molar-refractivity contribution in [2.24, 2.45) is 4.99 Å². The molecule has 266 valence electrons. The summed E-state index contributed by atoms with van der Waals surface area (Å²) in [5.74, 6) is 0.347. The highest BCUT2D eigenvalue weighted by Gasteiger charge is 2.36. The highest BCUT2D eigenvalue weighted by molar-refractivity contribution is 7.07. The van der Waals surface area contributed by atoms with Crippen LogP contribution in [0.15, 0.2) is 106 Å². The zero-order chi connectivity index (χ0) is 37.4. The summed E-state index contributed by atoms with van der Waals surface area (Å²) < 4.78 is 15.8. The molecule has 1 aliphatic rings. The number of ether oxygens (including phenoxy) is 2. The van der Waals surface area contributed by atoms with Gasteiger partial charge in [0.2, 0.25) is 0 Å². The van der Waals surface area contributed by atoms with Crippen LogP contribution in [0.1, 0.15) is 77.4 Å². The van der Waals surface area contributed by atoms with Crippen LogP contribution in [0.3, 0.4) is 0 Å². The second-order valence-corrected chi connectivity index (χ2v) is 14.4. The largest absolute Gasteiger partial charge is 0.496 e. The molecular formula is C44H40N4O4S. The maximum absolute atomic E-state index is 14.9. The molecule has 1 aliphatic heterocycles. The lowest BCUT2D eigenvalue weighted by molar-refractivity contribution is -0.138. The van der Waals surface area contributed by atoms with Crippen molar-refractivity contribution >= 4 is 40.0 Å². The van der Waals surface area contributed by atoms with E-state index in [1.165, 1.54) is 11.3 Å². The number of benzene rings is 4. The number of nitriles is 1. The summed E-state index contributed by atoms with van der Waals surface area (Å²) in [6.07, 6.45) is 1.95. The third-order valence-electron chi connectivity index (χ3n) is 9.93. The summed E-state index contributed by atoms with van der Waals surface area (Å²) in [7, 11) is 1.65. The number of thiazole rings is 1. The van der Waals surface area contributed by atoms with E-state index >= 15 is 0 Å². The van der Waals surface area contributed by atoms with Crippen molar-refractivity contribution in [2.45, 2.75) is 53.1 Å². The summed E-state index contributed by atoms with van der Waals surface area (Å²) in [4.78, 5) is 34.6. The Hall–Kier alpha value is -5.98. The molecule has 0 spiro atoms. The molecule has 8 nitrogen and oxygen atoms in total. The monoisotopic (exact) mass is 720 g/mol. The number of carbonyl (C=O) groups excluding carboxylic acids is 1. The normalized spacial score (nSPS) is 14.3. The van der Waals surface area contributed by atoms with Gasteiger partial charge in [-0.05, 0) is 79.3 Å². The van der Waals surface area contributed by atoms with Crippen LogP contribution in [-0.2, 0) is 16.1 Å². The molecule has 0 amide bonds. The van der Waals surface area contributed by atoms with Gasteiger partial charge in [-0.2, -0.15) is 5.26 Å². The maximum atomic E-state index is 14.9. The van der Waals surface area contributed by atoms with Crippen molar-refractivity contribution in [2.75, 3.05) is 13.7 Å². The smallest absolute Gasteiger partial charge is 0.338 e. The van der Waals surface area contributed by atoms with Crippen molar-refractivity contribution in [1.82, 2.24) is 9.13 Å². The van der Waals surface area contributed by atoms with Crippen LogP contribution in [0.4, 0.5) is 0 Å². The number of aryl methyl sites for hydroxylation is 1. The molecule has 0 bridgehead atoms. The number of carbonyl (C=O) groups is 1. The average Bonchev–Trinajstić information content (AvgIpc) is 3.62. The van der Waals surface area contributed by atoms with E-state index in [0.29, 0.717) is 32.7 Å². The summed E-state index contributed by atoms with van der Waals surface area (Å²) in [5.41, 5.74) is 8.36. The number of fused-ring (bicyclic) bond motifs is 2. The molecule has 53 heavy (non-hydrogen) atoms. The average molecular weight is 721 g/mol. The third-order valence-corrected chi connectivity index (χ3v) is 10.9. The second-order valence-electron chi connectivity index (χ2n) is 13.4. The van der Waals surface area contributed by atoms with Gasteiger partial charge in [-0.1, -0.05) is 91.9 Å². The Balaban J connectivity index is 1.52. The van der Waals surface area contributed by atoms with Gasteiger partial charge in [-0.25, -0.2) is 9.79 Å². The van der Waals surface area contributed by atoms with Gasteiger partial charge >= 0.3 is 5.97 Å². The van der Waals surface area contributed by atoms with Gasteiger partial charge in [0, 0.05) is 34.3 Å². The standard InChI is InChI=1S/C44H40N4O4S/c1-7-52-43(50)39-40(29-15-9-8-10-16-29)46-44-48(41(39)34-22-33(26(2)3)37(51-6)21-27(34)4)42(49)38(53-44)23-35-28(5)47(36-20-14-13-19-32(35)36)25-31-18-12-11-17-30(31)24-45/h8-23,26,41H,7,25H2,1-6H3. The first-order valence-corrected chi connectivity index (χ1v) is 18.5. The van der Waals surface area contributed by atoms with Crippen LogP contribution in [-0.4, -0.2) is 28.8 Å². The Morgan fingerprint density at radius 2 is 1.74 bits per heavy atom. The number of rotatable bonds is 9. The lowest BCUT2D eigenvalue weighted by Crippen LogP contribution is -2.40. The number of aromatic nitrogens is 2. The Morgan fingerprint density at radius 1 is 1.02 bits per heavy atom. The van der Waals surface area contributed by atoms with Crippen LogP contribution < -0.4 is 19.6 Å². The number of esters is 1. The molecule has 0 saturated heterocycles. The number of hydrogen-bond acceptors (Lipinski definition) is 7. The molecule has 2 aromatic heterocycles. The molecule has 7 rings (SSSR count). The fraction of sp³-hybridized carbons (Fsp3) is 0.227. The van der Waals surface area contributed by atoms with Gasteiger partial charge in [0.25, 0.3) is 5.56 Å². The zero-order valence-corrected chi connectivity index (χ0v) is 31.5. The van der Waals surface area contributed by atoms with Crippen LogP contribution in [0, 0.1) is 25.2 Å². The van der Waals surface area contributed by atoms with Crippen LogP contribution in [0.2, 0.25) is 0 Å². The van der Waals surface area contributed by atoms with Gasteiger partial charge < -0.3 is 14.0 Å². The summed E-state index contributed by atoms with van der Waals surface area (Å²) >= 11 is 1.31. The van der Waals surface area contributed by atoms with Crippen LogP contribution in [0.25, 0.3) is 22.7 Å². The van der Waals surface area contributed by atoms with E-state index in [-0.39, 0.29) is 18.1 Å². The van der Waals surface area contributed by atoms with Crippen LogP contribution in [0.5, 0.6) is 5.75 Å². The summed E-state index contributed by atoms with van der Waals surface area (Å²) in [6.45, 7) is 10.7. The minimum absolute atomic E-state index is 0.115. The molecule has 1 unspecified atom stereocenters. The van der Waals surface area contributed by atoms with Crippen molar-refractivity contribution < 1.29 is 14.3 Å². The Morgan fingerprint density at radius 3 is 2.45 bits per heavy atom. The van der Waals surface area contributed by atoms with E-state index in [1.54, 1.807) is 18.6 Å². The Kier molecular flexibility index (Phi) is 9.74. The van der Waals surface area contributed by atoms with Gasteiger partial charge in [0.15, 0.2) is 4.80 Å². The number of methoxy groups -OCH3 is 1. The van der Waals surface area contributed by atoms with Gasteiger partial charge in [-0.15, -0.1) is 0 Å². The number of nitrogens with zero attached hydrogens (tertiary/aromatic N) is 4. The van der Waals surface area contributed by atoms with Crippen molar-refractivity contribution in [3.63, 3.8) is 0 Å². The zero-order valence-electron chi connectivity index (χ0n) is 30.6. The molecule has 1 atom stereocenters. The Labute approximate surface area is 312 Å². The minimum Gasteiger partial charge on any atom is -0.496 e. The molecular weight excluding hydrogens is 681 g/mol. The third kappa shape index (κ3) is 6.30. The van der Waals surface area contributed by atoms with Gasteiger partial charge in [0.05, 0.1) is 47.2 Å². The first kappa shape index (κ1) is 35.4. The molecule has 0 saturated carbocycles. The van der Waals surface area contributed by atoms with Gasteiger partial charge in [-0.3, -0.25) is 9.36 Å². The van der Waals surface area contributed by atoms with Crippen molar-refractivity contribution in [1.29, 1.82) is 5.26 Å². The Bertz CT molecular complexity index is 2660. The predicted octanol–water partition coefficient (Wildman–Crippen LogP) is 7.56. The van der Waals surface area contributed by atoms with E-state index in [2.05, 4.69) is 42.7 Å². The molecule has 6 aromatic rings. The SMILES string of the molecule is CCOC(=O)C1=C(c2ccccc2)N=c2sc(=Cc3c(C)n(Cc4ccccc4C#N)c4ccccc34)c(=O)n2C1c1cc(C(C)C)c(OC)cc1C. The summed E-state index contributed by atoms with van der Waals surface area (Å²) in [6, 6.07) is 30.9. The minimum atomic E-state index is -0.809. The molecule has 3 heterocycles. The first-order chi connectivity index (χ1) is 25.7. The van der Waals surface area contributed by atoms with E-state index in [1.807, 2.05) is 92.7 Å². The molecule has 9 heteroatoms. The quantitative estimate of drug-likeness (QED) is 0.144.